The first-order valence-electron chi connectivity index (χ1n) is 7.37. The van der Waals surface area contributed by atoms with Crippen molar-refractivity contribution >= 4 is 18.3 Å². The van der Waals surface area contributed by atoms with Crippen LogP contribution in [0.15, 0.2) is 0 Å². The summed E-state index contributed by atoms with van der Waals surface area (Å²) in [6.45, 7) is 0. The van der Waals surface area contributed by atoms with E-state index in [0.29, 0.717) is 30.0 Å². The predicted molar refractivity (Wildman–Crippen MR) is 74.9 cm³/mol. The van der Waals surface area contributed by atoms with E-state index in [1.807, 2.05) is 0 Å². The summed E-state index contributed by atoms with van der Waals surface area (Å²) >= 11 is 0. The van der Waals surface area contributed by atoms with Gasteiger partial charge in [0.2, 0.25) is 5.91 Å². The Hall–Kier alpha value is -0.280. The maximum Gasteiger partial charge on any atom is 0.223 e. The van der Waals surface area contributed by atoms with Crippen LogP contribution in [0.4, 0.5) is 0 Å². The molecule has 0 aromatic carbocycles. The van der Waals surface area contributed by atoms with Crippen LogP contribution in [-0.2, 0) is 4.79 Å². The molecule has 1 amide bonds. The van der Waals surface area contributed by atoms with E-state index in [0.717, 1.165) is 25.7 Å². The third-order valence-corrected chi connectivity index (χ3v) is 4.80. The summed E-state index contributed by atoms with van der Waals surface area (Å²) in [6.07, 6.45) is 10.9. The zero-order valence-corrected chi connectivity index (χ0v) is 11.8. The van der Waals surface area contributed by atoms with E-state index in [-0.39, 0.29) is 12.4 Å². The molecule has 0 aromatic rings. The first kappa shape index (κ1) is 14.1. The number of amides is 1. The topological polar surface area (TPSA) is 41.1 Å². The number of fused-ring (bicyclic) bond motifs is 2. The summed E-state index contributed by atoms with van der Waals surface area (Å²) < 4.78 is 0. The van der Waals surface area contributed by atoms with Crippen molar-refractivity contribution in [1.82, 2.24) is 10.6 Å². The zero-order chi connectivity index (χ0) is 11.7. The highest BCUT2D eigenvalue weighted by atomic mass is 35.5. The highest BCUT2D eigenvalue weighted by molar-refractivity contribution is 5.85. The van der Waals surface area contributed by atoms with Crippen molar-refractivity contribution in [1.29, 1.82) is 0 Å². The highest BCUT2D eigenvalue weighted by Crippen LogP contribution is 2.28. The maximum atomic E-state index is 12.2. The lowest BCUT2D eigenvalue weighted by Crippen LogP contribution is -2.49. The van der Waals surface area contributed by atoms with Crippen molar-refractivity contribution in [3.63, 3.8) is 0 Å². The molecule has 3 aliphatic rings. The SMILES string of the molecule is Cl.O=C(NC1CC2CCC(C1)N2)C1CCCCC1. The summed E-state index contributed by atoms with van der Waals surface area (Å²) in [5, 5.41) is 6.93. The molecule has 2 heterocycles. The molecule has 2 atom stereocenters. The van der Waals surface area contributed by atoms with Gasteiger partial charge in [-0.25, -0.2) is 0 Å². The van der Waals surface area contributed by atoms with Crippen molar-refractivity contribution in [2.45, 2.75) is 75.9 Å². The molecule has 2 aliphatic heterocycles. The molecule has 4 heteroatoms. The summed E-state index contributed by atoms with van der Waals surface area (Å²) in [5.41, 5.74) is 0. The van der Waals surface area contributed by atoms with E-state index in [1.165, 1.54) is 32.1 Å². The Morgan fingerprint density at radius 2 is 1.56 bits per heavy atom. The first-order valence-corrected chi connectivity index (χ1v) is 7.37. The molecule has 2 saturated heterocycles. The molecular formula is C14H25ClN2O. The molecule has 3 fully saturated rings. The minimum absolute atomic E-state index is 0. The molecule has 104 valence electrons. The van der Waals surface area contributed by atoms with Gasteiger partial charge < -0.3 is 10.6 Å². The van der Waals surface area contributed by atoms with Gasteiger partial charge in [0, 0.05) is 24.0 Å². The monoisotopic (exact) mass is 272 g/mol. The van der Waals surface area contributed by atoms with Crippen LogP contribution in [0.2, 0.25) is 0 Å². The number of piperidine rings is 1. The summed E-state index contributed by atoms with van der Waals surface area (Å²) in [6, 6.07) is 1.79. The minimum atomic E-state index is 0. The number of carbonyl (C=O) groups excluding carboxylic acids is 1. The van der Waals surface area contributed by atoms with Crippen LogP contribution in [0.3, 0.4) is 0 Å². The fraction of sp³-hybridized carbons (Fsp3) is 0.929. The number of halogens is 1. The van der Waals surface area contributed by atoms with Gasteiger partial charge in [0.25, 0.3) is 0 Å². The third kappa shape index (κ3) is 3.18. The van der Waals surface area contributed by atoms with Gasteiger partial charge in [-0.2, -0.15) is 0 Å². The molecule has 3 nitrogen and oxygen atoms in total. The predicted octanol–water partition coefficient (Wildman–Crippen LogP) is 2.39. The number of nitrogens with one attached hydrogen (secondary N) is 2. The van der Waals surface area contributed by atoms with Crippen LogP contribution in [0.1, 0.15) is 57.8 Å². The standard InChI is InChI=1S/C14H24N2O.ClH/c17-14(10-4-2-1-3-5-10)16-13-8-11-6-7-12(9-13)15-11;/h10-13,15H,1-9H2,(H,16,17);1H. The smallest absolute Gasteiger partial charge is 0.223 e. The van der Waals surface area contributed by atoms with Gasteiger partial charge in [-0.15, -0.1) is 12.4 Å². The lowest BCUT2D eigenvalue weighted by Gasteiger charge is -2.31. The van der Waals surface area contributed by atoms with Gasteiger partial charge in [0.05, 0.1) is 0 Å². The van der Waals surface area contributed by atoms with Crippen LogP contribution in [-0.4, -0.2) is 24.0 Å². The zero-order valence-electron chi connectivity index (χ0n) is 11.0. The van der Waals surface area contributed by atoms with Crippen LogP contribution in [0.25, 0.3) is 0 Å². The van der Waals surface area contributed by atoms with Crippen molar-refractivity contribution in [3.8, 4) is 0 Å². The Kier molecular flexibility index (Phi) is 4.91. The first-order chi connectivity index (χ1) is 8.31. The van der Waals surface area contributed by atoms with Gasteiger partial charge in [-0.05, 0) is 38.5 Å². The van der Waals surface area contributed by atoms with Gasteiger partial charge in [-0.1, -0.05) is 19.3 Å². The molecule has 0 radical (unpaired) electrons. The molecule has 3 rings (SSSR count). The number of carbonyl (C=O) groups is 1. The number of hydrogen-bond donors (Lipinski definition) is 2. The Morgan fingerprint density at radius 3 is 2.17 bits per heavy atom. The van der Waals surface area contributed by atoms with E-state index < -0.39 is 0 Å². The van der Waals surface area contributed by atoms with Crippen LogP contribution < -0.4 is 10.6 Å². The Bertz CT molecular complexity index is 280. The molecule has 18 heavy (non-hydrogen) atoms. The molecule has 2 bridgehead atoms. The molecule has 0 aromatic heterocycles. The van der Waals surface area contributed by atoms with E-state index in [9.17, 15) is 4.79 Å². The lowest BCUT2D eigenvalue weighted by atomic mass is 9.88. The molecule has 0 spiro atoms. The van der Waals surface area contributed by atoms with Crippen LogP contribution in [0, 0.1) is 5.92 Å². The van der Waals surface area contributed by atoms with Gasteiger partial charge in [-0.3, -0.25) is 4.79 Å². The number of rotatable bonds is 2. The van der Waals surface area contributed by atoms with E-state index >= 15 is 0 Å². The Labute approximate surface area is 116 Å². The minimum Gasteiger partial charge on any atom is -0.353 e. The molecule has 1 aliphatic carbocycles. The van der Waals surface area contributed by atoms with Crippen molar-refractivity contribution in [3.05, 3.63) is 0 Å². The van der Waals surface area contributed by atoms with E-state index in [1.54, 1.807) is 0 Å². The second-order valence-corrected chi connectivity index (χ2v) is 6.15. The molecular weight excluding hydrogens is 248 g/mol. The fourth-order valence-corrected chi connectivity index (χ4v) is 3.86. The largest absolute Gasteiger partial charge is 0.353 e. The Balaban J connectivity index is 0.00000120. The fourth-order valence-electron chi connectivity index (χ4n) is 3.86. The molecule has 1 saturated carbocycles. The highest BCUT2D eigenvalue weighted by Gasteiger charge is 2.34. The second kappa shape index (κ2) is 6.25. The summed E-state index contributed by atoms with van der Waals surface area (Å²) in [4.78, 5) is 12.2. The average molecular weight is 273 g/mol. The lowest BCUT2D eigenvalue weighted by molar-refractivity contribution is -0.126. The quantitative estimate of drug-likeness (QED) is 0.810. The van der Waals surface area contributed by atoms with Crippen molar-refractivity contribution < 1.29 is 4.79 Å². The summed E-state index contributed by atoms with van der Waals surface area (Å²) in [5.74, 6) is 0.660. The van der Waals surface area contributed by atoms with Gasteiger partial charge in [0.1, 0.15) is 0 Å². The second-order valence-electron chi connectivity index (χ2n) is 6.15. The Morgan fingerprint density at radius 1 is 0.944 bits per heavy atom. The van der Waals surface area contributed by atoms with Crippen molar-refractivity contribution in [2.75, 3.05) is 0 Å². The van der Waals surface area contributed by atoms with E-state index in [2.05, 4.69) is 10.6 Å². The van der Waals surface area contributed by atoms with Gasteiger partial charge in [0.15, 0.2) is 0 Å². The number of hydrogen-bond acceptors (Lipinski definition) is 2. The maximum absolute atomic E-state index is 12.2. The normalized spacial score (nSPS) is 35.9. The van der Waals surface area contributed by atoms with E-state index in [4.69, 9.17) is 0 Å². The summed E-state index contributed by atoms with van der Waals surface area (Å²) in [7, 11) is 0. The average Bonchev–Trinajstić information content (AvgIpc) is 2.70. The third-order valence-electron chi connectivity index (χ3n) is 4.80. The van der Waals surface area contributed by atoms with Gasteiger partial charge >= 0.3 is 0 Å². The van der Waals surface area contributed by atoms with Crippen LogP contribution >= 0.6 is 12.4 Å². The molecule has 2 unspecified atom stereocenters. The molecule has 2 N–H and O–H groups in total. The van der Waals surface area contributed by atoms with Crippen molar-refractivity contribution in [2.24, 2.45) is 5.92 Å². The van der Waals surface area contributed by atoms with Crippen LogP contribution in [0.5, 0.6) is 0 Å².